The van der Waals surface area contributed by atoms with Crippen LogP contribution < -0.4 is 5.32 Å². The lowest BCUT2D eigenvalue weighted by Gasteiger charge is -2.20. The normalized spacial score (nSPS) is 22.0. The van der Waals surface area contributed by atoms with Crippen molar-refractivity contribution in [2.75, 3.05) is 13.1 Å². The summed E-state index contributed by atoms with van der Waals surface area (Å²) in [6, 6.07) is 8.23. The highest BCUT2D eigenvalue weighted by Gasteiger charge is 2.18. The predicted molar refractivity (Wildman–Crippen MR) is 60.9 cm³/mol. The number of H-pyrrole nitrogens is 1. The van der Waals surface area contributed by atoms with Crippen LogP contribution in [0.4, 0.5) is 0 Å². The van der Waals surface area contributed by atoms with Gasteiger partial charge in [-0.05, 0) is 31.5 Å². The highest BCUT2D eigenvalue weighted by Crippen LogP contribution is 2.22. The molecule has 1 atom stereocenters. The van der Waals surface area contributed by atoms with Crippen molar-refractivity contribution in [1.82, 2.24) is 15.3 Å². The highest BCUT2D eigenvalue weighted by molar-refractivity contribution is 5.74. The second-order valence-electron chi connectivity index (χ2n) is 4.18. The molecule has 15 heavy (non-hydrogen) atoms. The average Bonchev–Trinajstić information content (AvgIpc) is 2.74. The Labute approximate surface area is 88.9 Å². The van der Waals surface area contributed by atoms with Gasteiger partial charge in [-0.15, -0.1) is 0 Å². The van der Waals surface area contributed by atoms with Gasteiger partial charge >= 0.3 is 0 Å². The Morgan fingerprint density at radius 1 is 1.27 bits per heavy atom. The number of aromatic amines is 1. The number of aromatic nitrogens is 2. The Morgan fingerprint density at radius 2 is 2.20 bits per heavy atom. The molecule has 1 aromatic carbocycles. The molecule has 1 unspecified atom stereocenters. The first kappa shape index (κ1) is 8.92. The number of hydrogen-bond donors (Lipinski definition) is 2. The number of benzene rings is 1. The van der Waals surface area contributed by atoms with Gasteiger partial charge in [0, 0.05) is 12.5 Å². The third-order valence-corrected chi connectivity index (χ3v) is 3.09. The summed E-state index contributed by atoms with van der Waals surface area (Å²) in [5, 5.41) is 3.42. The third-order valence-electron chi connectivity index (χ3n) is 3.09. The lowest BCUT2D eigenvalue weighted by molar-refractivity contribution is 0.449. The molecule has 2 aromatic rings. The fourth-order valence-corrected chi connectivity index (χ4v) is 2.25. The molecular weight excluding hydrogens is 186 g/mol. The van der Waals surface area contributed by atoms with Gasteiger partial charge in [0.05, 0.1) is 11.0 Å². The number of rotatable bonds is 1. The van der Waals surface area contributed by atoms with Crippen LogP contribution in [0.15, 0.2) is 24.3 Å². The van der Waals surface area contributed by atoms with Crippen molar-refractivity contribution < 1.29 is 0 Å². The fraction of sp³-hybridized carbons (Fsp3) is 0.417. The SMILES string of the molecule is c1ccc2[nH]c(C3CCCNC3)nc2c1. The van der Waals surface area contributed by atoms with Crippen LogP contribution in [0.1, 0.15) is 24.6 Å². The van der Waals surface area contributed by atoms with Crippen LogP contribution in [0.5, 0.6) is 0 Å². The topological polar surface area (TPSA) is 40.7 Å². The van der Waals surface area contributed by atoms with Crippen LogP contribution in [0, 0.1) is 0 Å². The van der Waals surface area contributed by atoms with E-state index in [0.717, 1.165) is 29.9 Å². The summed E-state index contributed by atoms with van der Waals surface area (Å²) < 4.78 is 0. The summed E-state index contributed by atoms with van der Waals surface area (Å²) >= 11 is 0. The molecule has 1 fully saturated rings. The van der Waals surface area contributed by atoms with E-state index in [4.69, 9.17) is 0 Å². The van der Waals surface area contributed by atoms with Crippen LogP contribution in [0.3, 0.4) is 0 Å². The van der Waals surface area contributed by atoms with Gasteiger partial charge < -0.3 is 10.3 Å². The van der Waals surface area contributed by atoms with Crippen LogP contribution in [0.25, 0.3) is 11.0 Å². The maximum absolute atomic E-state index is 4.64. The Bertz CT molecular complexity index is 422. The summed E-state index contributed by atoms with van der Waals surface area (Å²) in [4.78, 5) is 8.06. The van der Waals surface area contributed by atoms with Gasteiger partial charge in [-0.1, -0.05) is 12.1 Å². The Morgan fingerprint density at radius 3 is 3.00 bits per heavy atom. The van der Waals surface area contributed by atoms with Gasteiger partial charge in [0.15, 0.2) is 0 Å². The van der Waals surface area contributed by atoms with E-state index in [1.54, 1.807) is 0 Å². The molecule has 3 nitrogen and oxygen atoms in total. The van der Waals surface area contributed by atoms with E-state index < -0.39 is 0 Å². The molecule has 1 aliphatic rings. The van der Waals surface area contributed by atoms with E-state index in [1.807, 2.05) is 12.1 Å². The summed E-state index contributed by atoms with van der Waals surface area (Å²) in [6.45, 7) is 2.20. The maximum Gasteiger partial charge on any atom is 0.111 e. The van der Waals surface area contributed by atoms with Gasteiger partial charge in [0.2, 0.25) is 0 Å². The van der Waals surface area contributed by atoms with Crippen LogP contribution in [-0.2, 0) is 0 Å². The maximum atomic E-state index is 4.64. The van der Waals surface area contributed by atoms with Crippen molar-refractivity contribution in [3.8, 4) is 0 Å². The summed E-state index contributed by atoms with van der Waals surface area (Å²) in [5.74, 6) is 1.70. The molecule has 3 heteroatoms. The number of piperidine rings is 1. The molecule has 2 heterocycles. The predicted octanol–water partition coefficient (Wildman–Crippen LogP) is 2.03. The highest BCUT2D eigenvalue weighted by atomic mass is 15.0. The zero-order valence-electron chi connectivity index (χ0n) is 8.66. The Kier molecular flexibility index (Phi) is 2.18. The lowest BCUT2D eigenvalue weighted by atomic mass is 9.99. The standard InChI is InChI=1S/C12H15N3/c1-2-6-11-10(5-1)14-12(15-11)9-4-3-7-13-8-9/h1-2,5-6,9,13H,3-4,7-8H2,(H,14,15). The van der Waals surface area contributed by atoms with E-state index in [-0.39, 0.29) is 0 Å². The molecule has 1 saturated heterocycles. The molecule has 3 rings (SSSR count). The number of nitrogens with one attached hydrogen (secondary N) is 2. The van der Waals surface area contributed by atoms with E-state index in [0.29, 0.717) is 5.92 Å². The molecule has 2 N–H and O–H groups in total. The molecule has 0 bridgehead atoms. The van der Waals surface area contributed by atoms with E-state index in [2.05, 4.69) is 27.4 Å². The van der Waals surface area contributed by atoms with Gasteiger partial charge in [-0.3, -0.25) is 0 Å². The summed E-state index contributed by atoms with van der Waals surface area (Å²) in [7, 11) is 0. The summed E-state index contributed by atoms with van der Waals surface area (Å²) in [6.07, 6.45) is 2.49. The van der Waals surface area contributed by atoms with E-state index in [1.165, 1.54) is 12.8 Å². The molecule has 0 aliphatic carbocycles. The first-order chi connectivity index (χ1) is 7.43. The Balaban J connectivity index is 1.96. The number of hydrogen-bond acceptors (Lipinski definition) is 2. The molecule has 1 aliphatic heterocycles. The minimum atomic E-state index is 0.561. The van der Waals surface area contributed by atoms with E-state index >= 15 is 0 Å². The van der Waals surface area contributed by atoms with Crippen LogP contribution in [-0.4, -0.2) is 23.1 Å². The van der Waals surface area contributed by atoms with E-state index in [9.17, 15) is 0 Å². The largest absolute Gasteiger partial charge is 0.342 e. The Hall–Kier alpha value is -1.35. The van der Waals surface area contributed by atoms with Crippen LogP contribution >= 0.6 is 0 Å². The summed E-state index contributed by atoms with van der Waals surface area (Å²) in [5.41, 5.74) is 2.23. The number of para-hydroxylation sites is 2. The van der Waals surface area contributed by atoms with Crippen molar-refractivity contribution in [3.63, 3.8) is 0 Å². The molecule has 78 valence electrons. The number of fused-ring (bicyclic) bond motifs is 1. The second-order valence-corrected chi connectivity index (χ2v) is 4.18. The molecule has 0 spiro atoms. The lowest BCUT2D eigenvalue weighted by Crippen LogP contribution is -2.28. The molecule has 1 aromatic heterocycles. The van der Waals surface area contributed by atoms with Crippen molar-refractivity contribution in [1.29, 1.82) is 0 Å². The van der Waals surface area contributed by atoms with Crippen molar-refractivity contribution >= 4 is 11.0 Å². The first-order valence-electron chi connectivity index (χ1n) is 5.59. The molecule has 0 saturated carbocycles. The number of nitrogens with zero attached hydrogens (tertiary/aromatic N) is 1. The minimum Gasteiger partial charge on any atom is -0.342 e. The number of imidazole rings is 1. The molecular formula is C12H15N3. The second kappa shape index (κ2) is 3.66. The van der Waals surface area contributed by atoms with Gasteiger partial charge in [0.1, 0.15) is 5.82 Å². The third kappa shape index (κ3) is 1.63. The quantitative estimate of drug-likeness (QED) is 0.741. The van der Waals surface area contributed by atoms with Gasteiger partial charge in [-0.25, -0.2) is 4.98 Å². The average molecular weight is 201 g/mol. The fourth-order valence-electron chi connectivity index (χ4n) is 2.25. The van der Waals surface area contributed by atoms with Crippen LogP contribution in [0.2, 0.25) is 0 Å². The zero-order valence-corrected chi connectivity index (χ0v) is 8.66. The van der Waals surface area contributed by atoms with Crippen molar-refractivity contribution in [2.45, 2.75) is 18.8 Å². The molecule has 0 radical (unpaired) electrons. The van der Waals surface area contributed by atoms with Gasteiger partial charge in [-0.2, -0.15) is 0 Å². The first-order valence-corrected chi connectivity index (χ1v) is 5.59. The van der Waals surface area contributed by atoms with Gasteiger partial charge in [0.25, 0.3) is 0 Å². The van der Waals surface area contributed by atoms with Crippen molar-refractivity contribution in [3.05, 3.63) is 30.1 Å². The molecule has 0 amide bonds. The monoisotopic (exact) mass is 201 g/mol. The smallest absolute Gasteiger partial charge is 0.111 e. The zero-order chi connectivity index (χ0) is 10.1. The minimum absolute atomic E-state index is 0.561. The van der Waals surface area contributed by atoms with Crippen molar-refractivity contribution in [2.24, 2.45) is 0 Å².